The molecule has 0 saturated heterocycles. The van der Waals surface area contributed by atoms with Crippen molar-refractivity contribution in [2.24, 2.45) is 0 Å². The van der Waals surface area contributed by atoms with Crippen molar-refractivity contribution in [3.8, 4) is 0 Å². The van der Waals surface area contributed by atoms with Gasteiger partial charge in [0.05, 0.1) is 9.81 Å². The topological polar surface area (TPSA) is 126 Å². The molecule has 1 aliphatic heterocycles. The summed E-state index contributed by atoms with van der Waals surface area (Å²) in [5, 5.41) is 0. The SMILES string of the molecule is CC1=C(S(=O)(=O)O)/C(=C2/Sc3ccccc3C2=O)CC=C1S(=O)(=O)O. The van der Waals surface area contributed by atoms with E-state index in [1.54, 1.807) is 24.3 Å². The molecule has 132 valence electrons. The summed E-state index contributed by atoms with van der Waals surface area (Å²) >= 11 is 1.06. The Labute approximate surface area is 148 Å². The molecular formula is C15H12O7S3. The second kappa shape index (κ2) is 5.92. The Kier molecular flexibility index (Phi) is 4.28. The minimum absolute atomic E-state index is 0.0126. The zero-order valence-corrected chi connectivity index (χ0v) is 15.2. The number of carbonyl (C=O) groups is 1. The summed E-state index contributed by atoms with van der Waals surface area (Å²) in [6, 6.07) is 6.71. The fraction of sp³-hybridized carbons (Fsp3) is 0.133. The van der Waals surface area contributed by atoms with Crippen molar-refractivity contribution < 1.29 is 30.7 Å². The van der Waals surface area contributed by atoms with Crippen molar-refractivity contribution in [3.63, 3.8) is 0 Å². The van der Waals surface area contributed by atoms with Gasteiger partial charge in [0.1, 0.15) is 4.91 Å². The molecule has 1 aromatic rings. The van der Waals surface area contributed by atoms with Gasteiger partial charge in [0.15, 0.2) is 0 Å². The molecule has 0 radical (unpaired) electrons. The van der Waals surface area contributed by atoms with Crippen molar-refractivity contribution >= 4 is 37.8 Å². The van der Waals surface area contributed by atoms with Gasteiger partial charge in [-0.3, -0.25) is 13.9 Å². The standard InChI is InChI=1S/C15H12O7S3/c1-8-12(24(17,18)19)7-6-10(15(8)25(20,21)22)14-13(16)9-4-2-3-5-11(9)23-14/h2-5,7H,6H2,1H3,(H,17,18,19)(H,20,21,22)/b14-10+. The number of fused-ring (bicyclic) bond motifs is 1. The summed E-state index contributed by atoms with van der Waals surface area (Å²) in [4.78, 5) is 12.1. The number of hydrogen-bond donors (Lipinski definition) is 2. The number of ketones is 1. The first-order valence-electron chi connectivity index (χ1n) is 6.93. The van der Waals surface area contributed by atoms with E-state index in [0.717, 1.165) is 24.8 Å². The van der Waals surface area contributed by atoms with Crippen LogP contribution in [-0.4, -0.2) is 31.7 Å². The average Bonchev–Trinajstić information content (AvgIpc) is 2.82. The van der Waals surface area contributed by atoms with Crippen molar-refractivity contribution in [3.05, 3.63) is 61.8 Å². The number of hydrogen-bond acceptors (Lipinski definition) is 6. The molecule has 0 spiro atoms. The fourth-order valence-corrected chi connectivity index (χ4v) is 5.90. The summed E-state index contributed by atoms with van der Waals surface area (Å²) in [6.07, 6.45) is 0.891. The van der Waals surface area contributed by atoms with E-state index < -0.39 is 35.8 Å². The number of allylic oxidation sites excluding steroid dienone is 4. The number of Topliss-reactive ketones (excluding diaryl/α,β-unsaturated/α-hetero) is 1. The van der Waals surface area contributed by atoms with Gasteiger partial charge in [0.25, 0.3) is 20.2 Å². The third kappa shape index (κ3) is 3.11. The van der Waals surface area contributed by atoms with Crippen LogP contribution in [0.4, 0.5) is 0 Å². The van der Waals surface area contributed by atoms with Crippen LogP contribution in [-0.2, 0) is 20.2 Å². The van der Waals surface area contributed by atoms with Gasteiger partial charge >= 0.3 is 0 Å². The van der Waals surface area contributed by atoms with E-state index in [9.17, 15) is 30.7 Å². The minimum Gasteiger partial charge on any atom is -0.288 e. The maximum Gasteiger partial charge on any atom is 0.295 e. The molecule has 1 aliphatic carbocycles. The molecule has 0 aromatic heterocycles. The van der Waals surface area contributed by atoms with Gasteiger partial charge in [-0.15, -0.1) is 0 Å². The lowest BCUT2D eigenvalue weighted by molar-refractivity contribution is 0.104. The number of rotatable bonds is 2. The van der Waals surface area contributed by atoms with Crippen LogP contribution in [0, 0.1) is 0 Å². The lowest BCUT2D eigenvalue weighted by Crippen LogP contribution is -2.17. The van der Waals surface area contributed by atoms with E-state index in [1.807, 2.05) is 0 Å². The lowest BCUT2D eigenvalue weighted by Gasteiger charge is -2.19. The van der Waals surface area contributed by atoms with Crippen molar-refractivity contribution in [2.45, 2.75) is 18.2 Å². The van der Waals surface area contributed by atoms with Crippen LogP contribution in [0.1, 0.15) is 23.7 Å². The van der Waals surface area contributed by atoms with Crippen molar-refractivity contribution in [1.82, 2.24) is 0 Å². The average molecular weight is 400 g/mol. The van der Waals surface area contributed by atoms with Crippen LogP contribution in [0.15, 0.2) is 61.1 Å². The Morgan fingerprint density at radius 3 is 2.24 bits per heavy atom. The Morgan fingerprint density at radius 2 is 1.68 bits per heavy atom. The van der Waals surface area contributed by atoms with E-state index in [1.165, 1.54) is 0 Å². The van der Waals surface area contributed by atoms with Crippen LogP contribution in [0.3, 0.4) is 0 Å². The fourth-order valence-electron chi connectivity index (χ4n) is 2.84. The first-order valence-corrected chi connectivity index (χ1v) is 10.6. The maximum atomic E-state index is 12.6. The van der Waals surface area contributed by atoms with Gasteiger partial charge in [-0.05, 0) is 36.6 Å². The minimum atomic E-state index is -4.83. The second-order valence-electron chi connectivity index (χ2n) is 5.41. The van der Waals surface area contributed by atoms with Crippen molar-refractivity contribution in [2.75, 3.05) is 0 Å². The molecule has 7 nitrogen and oxygen atoms in total. The van der Waals surface area contributed by atoms with E-state index in [2.05, 4.69) is 0 Å². The third-order valence-electron chi connectivity index (χ3n) is 3.84. The van der Waals surface area contributed by atoms with Gasteiger partial charge in [-0.1, -0.05) is 30.0 Å². The molecule has 0 unspecified atom stereocenters. The summed E-state index contributed by atoms with van der Waals surface area (Å²) in [5.74, 6) is -0.395. The molecule has 0 saturated carbocycles. The highest BCUT2D eigenvalue weighted by atomic mass is 32.2. The molecule has 0 fully saturated rings. The molecule has 0 atom stereocenters. The molecule has 1 aromatic carbocycles. The molecule has 1 heterocycles. The predicted molar refractivity (Wildman–Crippen MR) is 92.2 cm³/mol. The van der Waals surface area contributed by atoms with Crippen LogP contribution in [0.5, 0.6) is 0 Å². The van der Waals surface area contributed by atoms with Gasteiger partial charge in [-0.2, -0.15) is 16.8 Å². The normalized spacial score (nSPS) is 21.4. The summed E-state index contributed by atoms with van der Waals surface area (Å²) in [7, 11) is -9.49. The van der Waals surface area contributed by atoms with E-state index in [-0.39, 0.29) is 22.5 Å². The van der Waals surface area contributed by atoms with Crippen LogP contribution >= 0.6 is 11.8 Å². The maximum absolute atomic E-state index is 12.6. The van der Waals surface area contributed by atoms with Gasteiger partial charge in [-0.25, -0.2) is 0 Å². The highest BCUT2D eigenvalue weighted by molar-refractivity contribution is 8.04. The van der Waals surface area contributed by atoms with Gasteiger partial charge < -0.3 is 0 Å². The Balaban J connectivity index is 2.27. The number of carbonyl (C=O) groups excluding carboxylic acids is 1. The highest BCUT2D eigenvalue weighted by Gasteiger charge is 2.36. The van der Waals surface area contributed by atoms with Crippen LogP contribution in [0.25, 0.3) is 0 Å². The van der Waals surface area contributed by atoms with Crippen LogP contribution < -0.4 is 0 Å². The molecule has 2 N–H and O–H groups in total. The molecule has 10 heteroatoms. The molecule has 3 rings (SSSR count). The first kappa shape index (κ1) is 18.1. The first-order chi connectivity index (χ1) is 11.5. The number of thioether (sulfide) groups is 1. The zero-order chi connectivity index (χ0) is 18.6. The molecule has 2 aliphatic rings. The Hall–Kier alpha value is -1.72. The van der Waals surface area contributed by atoms with Crippen LogP contribution in [0.2, 0.25) is 0 Å². The van der Waals surface area contributed by atoms with E-state index in [4.69, 9.17) is 0 Å². The monoisotopic (exact) mass is 400 g/mol. The summed E-state index contributed by atoms with van der Waals surface area (Å²) in [5.41, 5.74) is 0.0913. The second-order valence-corrected chi connectivity index (χ2v) is 9.21. The number of benzene rings is 1. The quantitative estimate of drug-likeness (QED) is 0.573. The molecule has 25 heavy (non-hydrogen) atoms. The van der Waals surface area contributed by atoms with Gasteiger partial charge in [0, 0.05) is 10.5 Å². The summed E-state index contributed by atoms with van der Waals surface area (Å²) < 4.78 is 65.4. The van der Waals surface area contributed by atoms with E-state index >= 15 is 0 Å². The van der Waals surface area contributed by atoms with Gasteiger partial charge in [0.2, 0.25) is 5.78 Å². The molecule has 0 amide bonds. The molecular weight excluding hydrogens is 388 g/mol. The predicted octanol–water partition coefficient (Wildman–Crippen LogP) is 2.57. The third-order valence-corrected chi connectivity index (χ3v) is 7.14. The lowest BCUT2D eigenvalue weighted by atomic mass is 9.99. The largest absolute Gasteiger partial charge is 0.295 e. The highest BCUT2D eigenvalue weighted by Crippen LogP contribution is 2.46. The Morgan fingerprint density at radius 1 is 1.04 bits per heavy atom. The molecule has 0 bridgehead atoms. The van der Waals surface area contributed by atoms with E-state index in [0.29, 0.717) is 10.5 Å². The Bertz CT molecular complexity index is 1100. The van der Waals surface area contributed by atoms with Crippen molar-refractivity contribution in [1.29, 1.82) is 0 Å². The summed E-state index contributed by atoms with van der Waals surface area (Å²) in [6.45, 7) is 1.15. The smallest absolute Gasteiger partial charge is 0.288 e. The zero-order valence-electron chi connectivity index (χ0n) is 12.8.